The van der Waals surface area contributed by atoms with E-state index in [4.69, 9.17) is 0 Å². The molecule has 0 amide bonds. The molecule has 0 aliphatic heterocycles. The van der Waals surface area contributed by atoms with Crippen LogP contribution in [-0.2, 0) is 0 Å². The molecule has 0 saturated heterocycles. The predicted molar refractivity (Wildman–Crippen MR) is 116 cm³/mol. The molecule has 28 heavy (non-hydrogen) atoms. The van der Waals surface area contributed by atoms with Crippen LogP contribution in [0.4, 0.5) is 0 Å². The van der Waals surface area contributed by atoms with Crippen LogP contribution in [0, 0.1) is 46.3 Å². The van der Waals surface area contributed by atoms with Gasteiger partial charge in [0.15, 0.2) is 0 Å². The molecule has 0 radical (unpaired) electrons. The van der Waals surface area contributed by atoms with Crippen LogP contribution in [0.5, 0.6) is 0 Å². The summed E-state index contributed by atoms with van der Waals surface area (Å²) in [4.78, 5) is 0. The largest absolute Gasteiger partial charge is 0.393 e. The van der Waals surface area contributed by atoms with Crippen molar-refractivity contribution in [2.45, 2.75) is 117 Å². The molecule has 4 aliphatic rings. The fourth-order valence-corrected chi connectivity index (χ4v) is 9.11. The molecule has 4 rings (SSSR count). The fraction of sp³-hybridized carbons (Fsp3) is 1.00. The normalized spacial score (nSPS) is 53.0. The minimum Gasteiger partial charge on any atom is -0.393 e. The highest BCUT2D eigenvalue weighted by Crippen LogP contribution is 2.68. The summed E-state index contributed by atoms with van der Waals surface area (Å²) in [5, 5.41) is 20.4. The van der Waals surface area contributed by atoms with Gasteiger partial charge in [-0.05, 0) is 131 Å². The summed E-state index contributed by atoms with van der Waals surface area (Å²) >= 11 is 0. The molecule has 4 fully saturated rings. The SMILES string of the molecule is CC(O)CCC(C)C1CCC2C3CCC4CC(C)(O)CCC4(C)C3CCC12C. The third-order valence-corrected chi connectivity index (χ3v) is 10.8. The van der Waals surface area contributed by atoms with E-state index < -0.39 is 5.60 Å². The van der Waals surface area contributed by atoms with Crippen LogP contribution < -0.4 is 0 Å². The van der Waals surface area contributed by atoms with Gasteiger partial charge in [0.05, 0.1) is 11.7 Å². The Morgan fingerprint density at radius 3 is 2.25 bits per heavy atom. The van der Waals surface area contributed by atoms with Crippen molar-refractivity contribution < 1.29 is 10.2 Å². The summed E-state index contributed by atoms with van der Waals surface area (Å²) in [6.45, 7) is 11.7. The summed E-state index contributed by atoms with van der Waals surface area (Å²) in [6, 6.07) is 0. The Morgan fingerprint density at radius 1 is 0.821 bits per heavy atom. The average Bonchev–Trinajstić information content (AvgIpc) is 2.97. The lowest BCUT2D eigenvalue weighted by Crippen LogP contribution is -2.55. The number of hydrogen-bond donors (Lipinski definition) is 2. The molecule has 0 bridgehead atoms. The van der Waals surface area contributed by atoms with Gasteiger partial charge in [-0.3, -0.25) is 0 Å². The highest BCUT2D eigenvalue weighted by molar-refractivity contribution is 5.10. The summed E-state index contributed by atoms with van der Waals surface area (Å²) in [6.07, 6.45) is 13.7. The summed E-state index contributed by atoms with van der Waals surface area (Å²) in [5.41, 5.74) is 0.586. The van der Waals surface area contributed by atoms with Gasteiger partial charge in [0.1, 0.15) is 0 Å². The first kappa shape index (κ1) is 21.2. The second-order valence-corrected chi connectivity index (χ2v) is 12.5. The van der Waals surface area contributed by atoms with Crippen molar-refractivity contribution in [2.24, 2.45) is 46.3 Å². The zero-order chi connectivity index (χ0) is 20.3. The van der Waals surface area contributed by atoms with E-state index in [0.717, 1.165) is 54.8 Å². The van der Waals surface area contributed by atoms with Gasteiger partial charge in [-0.1, -0.05) is 20.8 Å². The smallest absolute Gasteiger partial charge is 0.0622 e. The number of aliphatic hydroxyl groups excluding tert-OH is 1. The molecule has 2 N–H and O–H groups in total. The quantitative estimate of drug-likeness (QED) is 0.600. The van der Waals surface area contributed by atoms with Crippen LogP contribution in [-0.4, -0.2) is 21.9 Å². The first-order valence-corrected chi connectivity index (χ1v) is 12.5. The number of rotatable bonds is 4. The van der Waals surface area contributed by atoms with Crippen molar-refractivity contribution in [1.82, 2.24) is 0 Å². The Kier molecular flexibility index (Phi) is 5.49. The molecule has 2 nitrogen and oxygen atoms in total. The van der Waals surface area contributed by atoms with Crippen LogP contribution in [0.3, 0.4) is 0 Å². The van der Waals surface area contributed by atoms with Crippen LogP contribution in [0.2, 0.25) is 0 Å². The molecule has 10 unspecified atom stereocenters. The molecular formula is C26H46O2. The number of hydrogen-bond acceptors (Lipinski definition) is 2. The predicted octanol–water partition coefficient (Wildman–Crippen LogP) is 6.19. The summed E-state index contributed by atoms with van der Waals surface area (Å²) in [7, 11) is 0. The van der Waals surface area contributed by atoms with Gasteiger partial charge in [0.25, 0.3) is 0 Å². The standard InChI is InChI=1S/C26H46O2/c1-17(6-7-18(2)27)21-10-11-22-20-9-8-19-16-24(3,28)14-15-25(19,4)23(20)12-13-26(21,22)5/h17-23,27-28H,6-16H2,1-5H3. The van der Waals surface area contributed by atoms with Gasteiger partial charge >= 0.3 is 0 Å². The topological polar surface area (TPSA) is 40.5 Å². The second-order valence-electron chi connectivity index (χ2n) is 12.5. The Balaban J connectivity index is 1.50. The minimum absolute atomic E-state index is 0.151. The van der Waals surface area contributed by atoms with Crippen molar-refractivity contribution in [3.8, 4) is 0 Å². The van der Waals surface area contributed by atoms with Crippen molar-refractivity contribution in [3.63, 3.8) is 0 Å². The third-order valence-electron chi connectivity index (χ3n) is 10.8. The van der Waals surface area contributed by atoms with Crippen molar-refractivity contribution >= 4 is 0 Å². The zero-order valence-electron chi connectivity index (χ0n) is 19.2. The molecular weight excluding hydrogens is 344 g/mol. The van der Waals surface area contributed by atoms with Gasteiger partial charge < -0.3 is 10.2 Å². The maximum Gasteiger partial charge on any atom is 0.0622 e. The molecule has 0 heterocycles. The Hall–Kier alpha value is -0.0800. The molecule has 0 aromatic heterocycles. The molecule has 10 atom stereocenters. The molecule has 4 saturated carbocycles. The van der Waals surface area contributed by atoms with Crippen molar-refractivity contribution in [1.29, 1.82) is 0 Å². The maximum absolute atomic E-state index is 10.7. The van der Waals surface area contributed by atoms with Crippen LogP contribution in [0.1, 0.15) is 105 Å². The van der Waals surface area contributed by atoms with E-state index in [2.05, 4.69) is 27.7 Å². The molecule has 0 aromatic carbocycles. The number of aliphatic hydroxyl groups is 2. The lowest BCUT2D eigenvalue weighted by molar-refractivity contribution is -0.148. The highest BCUT2D eigenvalue weighted by Gasteiger charge is 2.61. The first-order chi connectivity index (χ1) is 13.1. The van der Waals surface area contributed by atoms with Gasteiger partial charge in [-0.25, -0.2) is 0 Å². The Morgan fingerprint density at radius 2 is 1.54 bits per heavy atom. The summed E-state index contributed by atoms with van der Waals surface area (Å²) in [5.74, 6) is 5.09. The van der Waals surface area contributed by atoms with E-state index >= 15 is 0 Å². The van der Waals surface area contributed by atoms with E-state index in [-0.39, 0.29) is 6.10 Å². The average molecular weight is 391 g/mol. The van der Waals surface area contributed by atoms with Crippen LogP contribution in [0.15, 0.2) is 0 Å². The van der Waals surface area contributed by atoms with Crippen LogP contribution >= 0.6 is 0 Å². The fourth-order valence-electron chi connectivity index (χ4n) is 9.11. The number of fused-ring (bicyclic) bond motifs is 5. The van der Waals surface area contributed by atoms with Gasteiger partial charge in [0.2, 0.25) is 0 Å². The zero-order valence-corrected chi connectivity index (χ0v) is 19.2. The third kappa shape index (κ3) is 3.39. The molecule has 0 aromatic rings. The Labute approximate surface area is 173 Å². The molecule has 0 spiro atoms. The molecule has 162 valence electrons. The minimum atomic E-state index is -0.419. The Bertz CT molecular complexity index is 569. The van der Waals surface area contributed by atoms with Crippen LogP contribution in [0.25, 0.3) is 0 Å². The van der Waals surface area contributed by atoms with E-state index in [0.29, 0.717) is 10.8 Å². The molecule has 4 aliphatic carbocycles. The lowest BCUT2D eigenvalue weighted by atomic mass is 9.43. The van der Waals surface area contributed by atoms with Gasteiger partial charge in [0, 0.05) is 0 Å². The van der Waals surface area contributed by atoms with E-state index in [9.17, 15) is 10.2 Å². The van der Waals surface area contributed by atoms with E-state index in [1.54, 1.807) is 0 Å². The van der Waals surface area contributed by atoms with E-state index in [1.165, 1.54) is 51.4 Å². The lowest BCUT2D eigenvalue weighted by Gasteiger charge is -2.62. The van der Waals surface area contributed by atoms with Gasteiger partial charge in [-0.2, -0.15) is 0 Å². The molecule has 2 heteroatoms. The van der Waals surface area contributed by atoms with Crippen molar-refractivity contribution in [2.75, 3.05) is 0 Å². The highest BCUT2D eigenvalue weighted by atomic mass is 16.3. The van der Waals surface area contributed by atoms with E-state index in [1.807, 2.05) is 6.92 Å². The maximum atomic E-state index is 10.7. The summed E-state index contributed by atoms with van der Waals surface area (Å²) < 4.78 is 0. The monoisotopic (exact) mass is 390 g/mol. The van der Waals surface area contributed by atoms with Gasteiger partial charge in [-0.15, -0.1) is 0 Å². The van der Waals surface area contributed by atoms with Crippen molar-refractivity contribution in [3.05, 3.63) is 0 Å². The first-order valence-electron chi connectivity index (χ1n) is 12.5. The second kappa shape index (κ2) is 7.26.